The summed E-state index contributed by atoms with van der Waals surface area (Å²) in [4.78, 5) is 8.15. The fraction of sp³-hybridized carbons (Fsp3) is 0.737. The van der Waals surface area contributed by atoms with E-state index in [0.29, 0.717) is 12.0 Å². The van der Waals surface area contributed by atoms with Crippen LogP contribution in [-0.2, 0) is 16.6 Å². The van der Waals surface area contributed by atoms with E-state index in [1.165, 1.54) is 62.7 Å². The summed E-state index contributed by atoms with van der Waals surface area (Å²) in [5.41, 5.74) is 0.453. The van der Waals surface area contributed by atoms with Crippen molar-refractivity contribution in [3.05, 3.63) is 17.0 Å². The first kappa shape index (κ1) is 23.9. The number of primary sulfonamides is 1. The van der Waals surface area contributed by atoms with E-state index < -0.39 is 10.0 Å². The molecule has 0 radical (unpaired) electrons. The van der Waals surface area contributed by atoms with Crippen LogP contribution in [0.15, 0.2) is 21.3 Å². The first-order chi connectivity index (χ1) is 12.9. The molecule has 160 valence electrons. The minimum atomic E-state index is -3.63. The Labute approximate surface area is 190 Å². The summed E-state index contributed by atoms with van der Waals surface area (Å²) < 4.78 is 23.1. The number of nitrogens with two attached hydrogens (primary N) is 1. The van der Waals surface area contributed by atoms with Crippen molar-refractivity contribution in [2.45, 2.75) is 69.0 Å². The van der Waals surface area contributed by atoms with Gasteiger partial charge in [0.05, 0.1) is 6.54 Å². The van der Waals surface area contributed by atoms with Crippen molar-refractivity contribution in [3.63, 3.8) is 0 Å². The van der Waals surface area contributed by atoms with Crippen LogP contribution in [0.1, 0.15) is 63.2 Å². The Morgan fingerprint density at radius 2 is 1.89 bits per heavy atom. The monoisotopic (exact) mass is 540 g/mol. The maximum Gasteiger partial charge on any atom is 0.247 e. The quantitative estimate of drug-likeness (QED) is 0.345. The number of nitrogens with zero attached hydrogens (tertiary/aromatic N) is 2. The smallest absolute Gasteiger partial charge is 0.247 e. The summed E-state index contributed by atoms with van der Waals surface area (Å²) >= 11 is 1.20. The van der Waals surface area contributed by atoms with Gasteiger partial charge in [0, 0.05) is 24.5 Å². The number of halogens is 1. The van der Waals surface area contributed by atoms with E-state index >= 15 is 0 Å². The molecule has 1 aliphatic carbocycles. The molecule has 9 heteroatoms. The fourth-order valence-electron chi connectivity index (χ4n) is 4.45. The Morgan fingerprint density at radius 3 is 2.50 bits per heavy atom. The zero-order valence-corrected chi connectivity index (χ0v) is 20.6. The number of guanidine groups is 1. The van der Waals surface area contributed by atoms with Gasteiger partial charge in [-0.25, -0.2) is 18.5 Å². The van der Waals surface area contributed by atoms with Crippen LogP contribution in [-0.4, -0.2) is 38.9 Å². The summed E-state index contributed by atoms with van der Waals surface area (Å²) in [6.45, 7) is 5.53. The third kappa shape index (κ3) is 6.30. The van der Waals surface area contributed by atoms with Crippen molar-refractivity contribution in [2.75, 3.05) is 19.6 Å². The van der Waals surface area contributed by atoms with E-state index in [9.17, 15) is 8.42 Å². The van der Waals surface area contributed by atoms with E-state index in [0.717, 1.165) is 30.5 Å². The molecule has 1 aromatic rings. The number of piperidine rings is 1. The van der Waals surface area contributed by atoms with Gasteiger partial charge in [0.15, 0.2) is 5.96 Å². The van der Waals surface area contributed by atoms with Crippen LogP contribution < -0.4 is 10.5 Å². The summed E-state index contributed by atoms with van der Waals surface area (Å²) in [5.74, 6) is 0.950. The van der Waals surface area contributed by atoms with E-state index in [1.54, 1.807) is 12.1 Å². The maximum absolute atomic E-state index is 11.5. The van der Waals surface area contributed by atoms with Gasteiger partial charge in [-0.1, -0.05) is 25.7 Å². The molecule has 28 heavy (non-hydrogen) atoms. The van der Waals surface area contributed by atoms with Gasteiger partial charge in [0.1, 0.15) is 4.21 Å². The van der Waals surface area contributed by atoms with E-state index in [-0.39, 0.29) is 28.2 Å². The molecule has 1 saturated carbocycles. The minimum Gasteiger partial charge on any atom is -0.357 e. The van der Waals surface area contributed by atoms with E-state index in [4.69, 9.17) is 10.1 Å². The predicted molar refractivity (Wildman–Crippen MR) is 127 cm³/mol. The van der Waals surface area contributed by atoms with Gasteiger partial charge in [-0.05, 0) is 50.2 Å². The van der Waals surface area contributed by atoms with Gasteiger partial charge in [-0.2, -0.15) is 0 Å². The summed E-state index contributed by atoms with van der Waals surface area (Å²) in [6.07, 6.45) is 10.7. The standard InChI is InChI=1S/C19H32N4O2S2.HI/c1-2-21-18(22-14-16-8-9-17(26-16)27(20,24)25)23-13-7-12-19(15-23)10-5-3-4-6-11-19;/h8-9H,2-7,10-15H2,1H3,(H,21,22)(H2,20,24,25);1H. The van der Waals surface area contributed by atoms with Crippen LogP contribution in [0.4, 0.5) is 0 Å². The second-order valence-electron chi connectivity index (χ2n) is 7.88. The van der Waals surface area contributed by atoms with Crippen molar-refractivity contribution in [1.29, 1.82) is 0 Å². The molecule has 2 aliphatic rings. The van der Waals surface area contributed by atoms with Crippen LogP contribution in [0, 0.1) is 5.41 Å². The molecular weight excluding hydrogens is 507 g/mol. The third-order valence-corrected chi connectivity index (χ3v) is 8.27. The minimum absolute atomic E-state index is 0. The van der Waals surface area contributed by atoms with Crippen molar-refractivity contribution in [3.8, 4) is 0 Å². The molecule has 2 fully saturated rings. The first-order valence-electron chi connectivity index (χ1n) is 10.1. The van der Waals surface area contributed by atoms with Crippen molar-refractivity contribution >= 4 is 51.3 Å². The number of hydrogen-bond acceptors (Lipinski definition) is 4. The molecule has 2 heterocycles. The molecule has 0 amide bonds. The predicted octanol–water partition coefficient (Wildman–Crippen LogP) is 3.92. The molecule has 3 N–H and O–H groups in total. The molecule has 0 unspecified atom stereocenters. The Bertz CT molecular complexity index is 756. The average molecular weight is 541 g/mol. The lowest BCUT2D eigenvalue weighted by Crippen LogP contribution is -2.50. The molecule has 1 aromatic heterocycles. The highest BCUT2D eigenvalue weighted by molar-refractivity contribution is 14.0. The largest absolute Gasteiger partial charge is 0.357 e. The highest BCUT2D eigenvalue weighted by Gasteiger charge is 2.36. The topological polar surface area (TPSA) is 87.8 Å². The highest BCUT2D eigenvalue weighted by Crippen LogP contribution is 2.42. The van der Waals surface area contributed by atoms with Crippen LogP contribution in [0.2, 0.25) is 0 Å². The number of aliphatic imine (C=N–C) groups is 1. The lowest BCUT2D eigenvalue weighted by Gasteiger charge is -2.44. The Morgan fingerprint density at radius 1 is 1.21 bits per heavy atom. The number of likely N-dealkylation sites (tertiary alicyclic amines) is 1. The molecular formula is C19H33IN4O2S2. The second-order valence-corrected chi connectivity index (χ2v) is 10.8. The van der Waals surface area contributed by atoms with Gasteiger partial charge in [-0.15, -0.1) is 35.3 Å². The van der Waals surface area contributed by atoms with Crippen molar-refractivity contribution in [1.82, 2.24) is 10.2 Å². The normalized spacial score (nSPS) is 20.5. The lowest BCUT2D eigenvalue weighted by molar-refractivity contribution is 0.115. The highest BCUT2D eigenvalue weighted by atomic mass is 127. The first-order valence-corrected chi connectivity index (χ1v) is 12.4. The Kier molecular flexibility index (Phi) is 9.03. The molecule has 3 rings (SSSR count). The summed E-state index contributed by atoms with van der Waals surface area (Å²) in [6, 6.07) is 3.37. The van der Waals surface area contributed by atoms with Gasteiger partial charge in [0.25, 0.3) is 0 Å². The molecule has 0 atom stereocenters. The Hall–Kier alpha value is -0.390. The number of rotatable bonds is 4. The molecule has 1 aliphatic heterocycles. The van der Waals surface area contributed by atoms with Crippen LogP contribution in [0.3, 0.4) is 0 Å². The van der Waals surface area contributed by atoms with Crippen molar-refractivity contribution < 1.29 is 8.42 Å². The van der Waals surface area contributed by atoms with Crippen LogP contribution in [0.5, 0.6) is 0 Å². The van der Waals surface area contributed by atoms with Gasteiger partial charge in [0.2, 0.25) is 10.0 Å². The zero-order chi connectivity index (χ0) is 19.3. The summed E-state index contributed by atoms with van der Waals surface area (Å²) in [5, 5.41) is 8.64. The Balaban J connectivity index is 0.00000280. The lowest BCUT2D eigenvalue weighted by atomic mass is 9.74. The molecule has 0 bridgehead atoms. The molecule has 1 spiro atoms. The second kappa shape index (κ2) is 10.6. The molecule has 1 saturated heterocycles. The number of hydrogen-bond donors (Lipinski definition) is 2. The van der Waals surface area contributed by atoms with Crippen LogP contribution in [0.25, 0.3) is 0 Å². The number of nitrogens with one attached hydrogen (secondary N) is 1. The molecule has 0 aromatic carbocycles. The molecule has 6 nitrogen and oxygen atoms in total. The van der Waals surface area contributed by atoms with Gasteiger partial charge >= 0.3 is 0 Å². The van der Waals surface area contributed by atoms with Crippen LogP contribution >= 0.6 is 35.3 Å². The average Bonchev–Trinajstić information content (AvgIpc) is 3.01. The zero-order valence-electron chi connectivity index (χ0n) is 16.7. The maximum atomic E-state index is 11.5. The van der Waals surface area contributed by atoms with Crippen molar-refractivity contribution in [2.24, 2.45) is 15.5 Å². The summed E-state index contributed by atoms with van der Waals surface area (Å²) in [7, 11) is -3.63. The fourth-order valence-corrected chi connectivity index (χ4v) is 6.15. The third-order valence-electron chi connectivity index (χ3n) is 5.76. The van der Waals surface area contributed by atoms with E-state index in [2.05, 4.69) is 17.1 Å². The van der Waals surface area contributed by atoms with E-state index in [1.807, 2.05) is 0 Å². The SMILES string of the molecule is CCNC(=NCc1ccc(S(N)(=O)=O)s1)N1CCCC2(CCCCCC2)C1.I. The number of thiophene rings is 1. The van der Waals surface area contributed by atoms with Gasteiger partial charge < -0.3 is 10.2 Å². The number of sulfonamides is 1. The van der Waals surface area contributed by atoms with Gasteiger partial charge in [-0.3, -0.25) is 0 Å².